The zero-order valence-corrected chi connectivity index (χ0v) is 11.9. The smallest absolute Gasteiger partial charge is 0.306 e. The van der Waals surface area contributed by atoms with Gasteiger partial charge in [0.1, 0.15) is 0 Å². The third-order valence-electron chi connectivity index (χ3n) is 3.48. The topological polar surface area (TPSA) is 24.9 Å². The molecule has 21 heavy (non-hydrogen) atoms. The van der Waals surface area contributed by atoms with E-state index in [4.69, 9.17) is 0 Å². The van der Waals surface area contributed by atoms with Crippen LogP contribution in [0.25, 0.3) is 0 Å². The Hall–Kier alpha value is -1.88. The number of rotatable bonds is 4. The van der Waals surface area contributed by atoms with E-state index in [0.717, 1.165) is 17.2 Å². The summed E-state index contributed by atoms with van der Waals surface area (Å²) in [4.78, 5) is 4.03. The minimum Gasteiger partial charge on any atom is -0.306 e. The molecule has 1 heterocycles. The van der Waals surface area contributed by atoms with Gasteiger partial charge >= 0.3 is 6.18 Å². The highest BCUT2D eigenvalue weighted by molar-refractivity contribution is 5.32. The highest BCUT2D eigenvalue weighted by atomic mass is 19.4. The molecule has 0 bridgehead atoms. The van der Waals surface area contributed by atoms with Crippen molar-refractivity contribution in [3.8, 4) is 0 Å². The highest BCUT2D eigenvalue weighted by Gasteiger charge is 2.33. The van der Waals surface area contributed by atoms with Gasteiger partial charge in [-0.15, -0.1) is 0 Å². The van der Waals surface area contributed by atoms with E-state index in [0.29, 0.717) is 6.54 Å². The van der Waals surface area contributed by atoms with Gasteiger partial charge in [0, 0.05) is 25.0 Å². The second-order valence-corrected chi connectivity index (χ2v) is 4.99. The van der Waals surface area contributed by atoms with Crippen molar-refractivity contribution < 1.29 is 13.2 Å². The zero-order valence-electron chi connectivity index (χ0n) is 11.9. The number of benzene rings is 1. The molecule has 1 atom stereocenters. The average molecular weight is 294 g/mol. The number of nitrogens with zero attached hydrogens (tertiary/aromatic N) is 1. The minimum absolute atomic E-state index is 0.256. The van der Waals surface area contributed by atoms with Crippen molar-refractivity contribution in [3.63, 3.8) is 0 Å². The van der Waals surface area contributed by atoms with E-state index >= 15 is 0 Å². The number of aryl methyl sites for hydroxylation is 1. The fraction of sp³-hybridized carbons (Fsp3) is 0.312. The summed E-state index contributed by atoms with van der Waals surface area (Å²) < 4.78 is 39.0. The van der Waals surface area contributed by atoms with Crippen LogP contribution in [0, 0.1) is 6.92 Å². The molecule has 0 fully saturated rings. The molecule has 1 aromatic carbocycles. The van der Waals surface area contributed by atoms with Crippen LogP contribution in [0.1, 0.15) is 35.2 Å². The zero-order chi connectivity index (χ0) is 15.5. The van der Waals surface area contributed by atoms with E-state index in [1.165, 1.54) is 12.1 Å². The molecule has 1 aromatic heterocycles. The minimum atomic E-state index is -4.34. The summed E-state index contributed by atoms with van der Waals surface area (Å²) in [6.07, 6.45) is -0.914. The molecule has 0 aliphatic rings. The van der Waals surface area contributed by atoms with Crippen LogP contribution in [0.2, 0.25) is 0 Å². The highest BCUT2D eigenvalue weighted by Crippen LogP contribution is 2.34. The lowest BCUT2D eigenvalue weighted by molar-refractivity contribution is -0.138. The van der Waals surface area contributed by atoms with Crippen molar-refractivity contribution >= 4 is 0 Å². The van der Waals surface area contributed by atoms with Crippen molar-refractivity contribution in [3.05, 3.63) is 65.0 Å². The molecule has 1 N–H and O–H groups in total. The van der Waals surface area contributed by atoms with Gasteiger partial charge in [-0.25, -0.2) is 0 Å². The molecule has 5 heteroatoms. The number of halogens is 3. The number of alkyl halides is 3. The maximum Gasteiger partial charge on any atom is 0.416 e. The van der Waals surface area contributed by atoms with Gasteiger partial charge in [0.05, 0.1) is 5.56 Å². The quantitative estimate of drug-likeness (QED) is 0.911. The Morgan fingerprint density at radius 2 is 1.90 bits per heavy atom. The molecule has 0 spiro atoms. The number of hydrogen-bond acceptors (Lipinski definition) is 2. The van der Waals surface area contributed by atoms with Crippen LogP contribution in [-0.2, 0) is 12.7 Å². The Balaban J connectivity index is 2.15. The third kappa shape index (κ3) is 3.82. The lowest BCUT2D eigenvalue weighted by Crippen LogP contribution is -2.22. The van der Waals surface area contributed by atoms with E-state index in [1.807, 2.05) is 13.0 Å². The summed E-state index contributed by atoms with van der Waals surface area (Å²) in [6.45, 7) is 4.16. The number of hydrogen-bond donors (Lipinski definition) is 1. The molecule has 2 rings (SSSR count). The lowest BCUT2D eigenvalue weighted by Gasteiger charge is -2.20. The molecular formula is C16H17F3N2. The maximum atomic E-state index is 13.0. The SMILES string of the molecule is Cc1ccncc1CNC(C)c1ccccc1C(F)(F)F. The third-order valence-corrected chi connectivity index (χ3v) is 3.48. The van der Waals surface area contributed by atoms with Crippen LogP contribution in [0.4, 0.5) is 13.2 Å². The predicted octanol–water partition coefficient (Wildman–Crippen LogP) is 4.26. The van der Waals surface area contributed by atoms with Gasteiger partial charge in [0.15, 0.2) is 0 Å². The van der Waals surface area contributed by atoms with Gasteiger partial charge < -0.3 is 5.32 Å². The van der Waals surface area contributed by atoms with E-state index in [9.17, 15) is 13.2 Å². The Morgan fingerprint density at radius 1 is 1.19 bits per heavy atom. The van der Waals surface area contributed by atoms with Crippen LogP contribution < -0.4 is 5.32 Å². The van der Waals surface area contributed by atoms with Crippen molar-refractivity contribution in [1.82, 2.24) is 10.3 Å². The molecule has 0 saturated carbocycles. The maximum absolute atomic E-state index is 13.0. The number of nitrogens with one attached hydrogen (secondary N) is 1. The molecule has 0 saturated heterocycles. The van der Waals surface area contributed by atoms with E-state index in [-0.39, 0.29) is 5.56 Å². The Kier molecular flexibility index (Phi) is 4.63. The van der Waals surface area contributed by atoms with E-state index in [1.54, 1.807) is 25.4 Å². The fourth-order valence-corrected chi connectivity index (χ4v) is 2.19. The first-order chi connectivity index (χ1) is 9.89. The molecule has 0 amide bonds. The van der Waals surface area contributed by atoms with Gasteiger partial charge in [-0.3, -0.25) is 4.98 Å². The van der Waals surface area contributed by atoms with Crippen LogP contribution in [0.5, 0.6) is 0 Å². The summed E-state index contributed by atoms with van der Waals surface area (Å²) in [6, 6.07) is 7.13. The molecule has 112 valence electrons. The molecule has 2 aromatic rings. The second-order valence-electron chi connectivity index (χ2n) is 4.99. The van der Waals surface area contributed by atoms with Crippen LogP contribution in [-0.4, -0.2) is 4.98 Å². The molecule has 2 nitrogen and oxygen atoms in total. The average Bonchev–Trinajstić information content (AvgIpc) is 2.45. The lowest BCUT2D eigenvalue weighted by atomic mass is 10.0. The predicted molar refractivity (Wildman–Crippen MR) is 75.7 cm³/mol. The van der Waals surface area contributed by atoms with Crippen molar-refractivity contribution in [2.45, 2.75) is 32.6 Å². The summed E-state index contributed by atoms with van der Waals surface area (Å²) in [5.41, 5.74) is 1.71. The molecular weight excluding hydrogens is 277 g/mol. The van der Waals surface area contributed by atoms with Crippen LogP contribution in [0.3, 0.4) is 0 Å². The van der Waals surface area contributed by atoms with Crippen LogP contribution in [0.15, 0.2) is 42.7 Å². The van der Waals surface area contributed by atoms with Gasteiger partial charge in [0.2, 0.25) is 0 Å². The van der Waals surface area contributed by atoms with Gasteiger partial charge in [0.25, 0.3) is 0 Å². The molecule has 0 radical (unpaired) electrons. The Bertz CT molecular complexity index is 608. The normalized spacial score (nSPS) is 13.2. The molecule has 0 aliphatic heterocycles. The fourth-order valence-electron chi connectivity index (χ4n) is 2.19. The van der Waals surface area contributed by atoms with Crippen molar-refractivity contribution in [2.24, 2.45) is 0 Å². The summed E-state index contributed by atoms with van der Waals surface area (Å²) in [5.74, 6) is 0. The first-order valence-corrected chi connectivity index (χ1v) is 6.68. The Morgan fingerprint density at radius 3 is 2.57 bits per heavy atom. The van der Waals surface area contributed by atoms with E-state index < -0.39 is 17.8 Å². The first-order valence-electron chi connectivity index (χ1n) is 6.68. The monoisotopic (exact) mass is 294 g/mol. The standard InChI is InChI=1S/C16H17F3N2/c1-11-7-8-20-9-13(11)10-21-12(2)14-5-3-4-6-15(14)16(17,18)19/h3-9,12,21H,10H2,1-2H3. The summed E-state index contributed by atoms with van der Waals surface area (Å²) >= 11 is 0. The first kappa shape index (κ1) is 15.5. The van der Waals surface area contributed by atoms with E-state index in [2.05, 4.69) is 10.3 Å². The van der Waals surface area contributed by atoms with Gasteiger partial charge in [-0.1, -0.05) is 18.2 Å². The van der Waals surface area contributed by atoms with Gasteiger partial charge in [-0.2, -0.15) is 13.2 Å². The van der Waals surface area contributed by atoms with Crippen LogP contribution >= 0.6 is 0 Å². The number of aromatic nitrogens is 1. The molecule has 0 aliphatic carbocycles. The van der Waals surface area contributed by atoms with Crippen molar-refractivity contribution in [2.75, 3.05) is 0 Å². The second kappa shape index (κ2) is 6.26. The van der Waals surface area contributed by atoms with Gasteiger partial charge in [-0.05, 0) is 42.7 Å². The van der Waals surface area contributed by atoms with Crippen molar-refractivity contribution in [1.29, 1.82) is 0 Å². The number of pyridine rings is 1. The summed E-state index contributed by atoms with van der Waals surface area (Å²) in [5, 5.41) is 3.13. The Labute approximate surface area is 122 Å². The summed E-state index contributed by atoms with van der Waals surface area (Å²) in [7, 11) is 0. The largest absolute Gasteiger partial charge is 0.416 e. The molecule has 1 unspecified atom stereocenters.